The Hall–Kier alpha value is -2.40. The van der Waals surface area contributed by atoms with Crippen LogP contribution in [0.3, 0.4) is 0 Å². The largest absolute Gasteiger partial charge is 0.497 e. The average molecular weight is 357 g/mol. The lowest BCUT2D eigenvalue weighted by atomic mass is 9.91. The smallest absolute Gasteiger partial charge is 0.161 e. The highest BCUT2D eigenvalue weighted by Gasteiger charge is 2.21. The highest BCUT2D eigenvalue weighted by atomic mass is 16.5. The van der Waals surface area contributed by atoms with Crippen molar-refractivity contribution in [3.05, 3.63) is 35.4 Å². The minimum atomic E-state index is 0.728. The van der Waals surface area contributed by atoms with Crippen LogP contribution in [0.1, 0.15) is 11.1 Å². The predicted octanol–water partition coefficient (Wildman–Crippen LogP) is 3.42. The highest BCUT2D eigenvalue weighted by molar-refractivity contribution is 5.77. The normalized spacial score (nSPS) is 14.3. The van der Waals surface area contributed by atoms with Gasteiger partial charge in [-0.05, 0) is 54.8 Å². The second kappa shape index (κ2) is 7.87. The van der Waals surface area contributed by atoms with E-state index >= 15 is 0 Å². The van der Waals surface area contributed by atoms with Crippen LogP contribution in [0.15, 0.2) is 24.3 Å². The molecular formula is C21H27NO4. The molecule has 1 aliphatic heterocycles. The van der Waals surface area contributed by atoms with Crippen molar-refractivity contribution in [3.8, 4) is 34.1 Å². The van der Waals surface area contributed by atoms with Crippen molar-refractivity contribution in [2.45, 2.75) is 12.8 Å². The van der Waals surface area contributed by atoms with E-state index in [1.54, 1.807) is 28.4 Å². The van der Waals surface area contributed by atoms with Crippen LogP contribution in [0.5, 0.6) is 23.0 Å². The Balaban J connectivity index is 2.30. The minimum Gasteiger partial charge on any atom is -0.497 e. The molecule has 0 spiro atoms. The van der Waals surface area contributed by atoms with E-state index in [1.165, 1.54) is 11.1 Å². The first-order chi connectivity index (χ1) is 12.6. The summed E-state index contributed by atoms with van der Waals surface area (Å²) in [4.78, 5) is 2.35. The second-order valence-corrected chi connectivity index (χ2v) is 6.52. The molecule has 26 heavy (non-hydrogen) atoms. The minimum absolute atomic E-state index is 0.728. The van der Waals surface area contributed by atoms with Crippen molar-refractivity contribution in [2.75, 3.05) is 48.6 Å². The molecule has 0 amide bonds. The Bertz CT molecular complexity index is 788. The third-order valence-electron chi connectivity index (χ3n) is 5.04. The molecule has 0 saturated heterocycles. The number of hydrogen-bond donors (Lipinski definition) is 0. The highest BCUT2D eigenvalue weighted by Crippen LogP contribution is 2.42. The van der Waals surface area contributed by atoms with Crippen molar-refractivity contribution >= 4 is 0 Å². The number of ether oxygens (including phenoxy) is 4. The molecule has 5 nitrogen and oxygen atoms in total. The molecule has 1 aliphatic rings. The topological polar surface area (TPSA) is 40.2 Å². The van der Waals surface area contributed by atoms with E-state index in [2.05, 4.69) is 30.1 Å². The van der Waals surface area contributed by atoms with E-state index in [1.807, 2.05) is 6.07 Å². The van der Waals surface area contributed by atoms with Crippen molar-refractivity contribution in [1.82, 2.24) is 4.90 Å². The van der Waals surface area contributed by atoms with E-state index in [9.17, 15) is 0 Å². The first kappa shape index (κ1) is 18.4. The molecule has 0 bridgehead atoms. The maximum absolute atomic E-state index is 5.69. The van der Waals surface area contributed by atoms with Crippen LogP contribution in [0.25, 0.3) is 11.1 Å². The van der Waals surface area contributed by atoms with Gasteiger partial charge >= 0.3 is 0 Å². The lowest BCUT2D eigenvalue weighted by molar-refractivity contribution is 0.338. The van der Waals surface area contributed by atoms with Gasteiger partial charge in [-0.1, -0.05) is 0 Å². The van der Waals surface area contributed by atoms with Crippen LogP contribution in [-0.2, 0) is 12.8 Å². The van der Waals surface area contributed by atoms with Gasteiger partial charge in [0.15, 0.2) is 11.5 Å². The Kier molecular flexibility index (Phi) is 5.57. The van der Waals surface area contributed by atoms with Crippen molar-refractivity contribution < 1.29 is 18.9 Å². The Labute approximate surface area is 155 Å². The Morgan fingerprint density at radius 3 is 2.00 bits per heavy atom. The van der Waals surface area contributed by atoms with Gasteiger partial charge < -0.3 is 23.8 Å². The number of nitrogens with zero attached hydrogens (tertiary/aromatic N) is 1. The van der Waals surface area contributed by atoms with Gasteiger partial charge in [-0.2, -0.15) is 0 Å². The summed E-state index contributed by atoms with van der Waals surface area (Å²) in [6.45, 7) is 1.95. The van der Waals surface area contributed by atoms with E-state index in [0.717, 1.165) is 60.1 Å². The third kappa shape index (κ3) is 3.44. The van der Waals surface area contributed by atoms with E-state index < -0.39 is 0 Å². The van der Waals surface area contributed by atoms with Crippen LogP contribution in [-0.4, -0.2) is 53.5 Å². The number of methoxy groups -OCH3 is 4. The molecule has 140 valence electrons. The molecule has 0 atom stereocenters. The van der Waals surface area contributed by atoms with Gasteiger partial charge in [-0.25, -0.2) is 0 Å². The second-order valence-electron chi connectivity index (χ2n) is 6.52. The SMILES string of the molecule is COc1cc(OC)c2c(c1)-c1cc(OC)c(OC)cc1CCN(C)CC2. The number of fused-ring (bicyclic) bond motifs is 3. The zero-order valence-corrected chi connectivity index (χ0v) is 16.2. The number of likely N-dealkylation sites (N-methyl/N-ethyl adjacent to an activating group) is 1. The number of rotatable bonds is 4. The summed E-state index contributed by atoms with van der Waals surface area (Å²) < 4.78 is 22.3. The number of hydrogen-bond acceptors (Lipinski definition) is 5. The van der Waals surface area contributed by atoms with Crippen molar-refractivity contribution in [2.24, 2.45) is 0 Å². The molecule has 2 aromatic rings. The molecule has 0 aliphatic carbocycles. The number of benzene rings is 2. The zero-order valence-electron chi connectivity index (χ0n) is 16.2. The molecule has 0 unspecified atom stereocenters. The van der Waals surface area contributed by atoms with Gasteiger partial charge in [0.05, 0.1) is 28.4 Å². The molecule has 3 rings (SSSR count). The molecular weight excluding hydrogens is 330 g/mol. The lowest BCUT2D eigenvalue weighted by Gasteiger charge is -2.19. The Morgan fingerprint density at radius 1 is 0.692 bits per heavy atom. The first-order valence-electron chi connectivity index (χ1n) is 8.80. The van der Waals surface area contributed by atoms with Crippen molar-refractivity contribution in [3.63, 3.8) is 0 Å². The van der Waals surface area contributed by atoms with Crippen LogP contribution in [0, 0.1) is 0 Å². The van der Waals surface area contributed by atoms with Gasteiger partial charge in [-0.15, -0.1) is 0 Å². The first-order valence-corrected chi connectivity index (χ1v) is 8.80. The molecule has 0 aromatic heterocycles. The van der Waals surface area contributed by atoms with Crippen molar-refractivity contribution in [1.29, 1.82) is 0 Å². The summed E-state index contributed by atoms with van der Waals surface area (Å²) in [5, 5.41) is 0. The summed E-state index contributed by atoms with van der Waals surface area (Å²) in [5.41, 5.74) is 4.70. The molecule has 1 heterocycles. The van der Waals surface area contributed by atoms with Crippen LogP contribution in [0.4, 0.5) is 0 Å². The van der Waals surface area contributed by atoms with Gasteiger partial charge in [-0.3, -0.25) is 0 Å². The fourth-order valence-corrected chi connectivity index (χ4v) is 3.52. The summed E-state index contributed by atoms with van der Waals surface area (Å²) >= 11 is 0. The van der Waals surface area contributed by atoms with Crippen LogP contribution < -0.4 is 18.9 Å². The van der Waals surface area contributed by atoms with Crippen LogP contribution >= 0.6 is 0 Å². The summed E-state index contributed by atoms with van der Waals surface area (Å²) in [6.07, 6.45) is 1.85. The maximum Gasteiger partial charge on any atom is 0.161 e. The quantitative estimate of drug-likeness (QED) is 0.839. The van der Waals surface area contributed by atoms with Gasteiger partial charge in [0.1, 0.15) is 11.5 Å². The van der Waals surface area contributed by atoms with Gasteiger partial charge in [0.25, 0.3) is 0 Å². The van der Waals surface area contributed by atoms with Crippen LogP contribution in [0.2, 0.25) is 0 Å². The van der Waals surface area contributed by atoms with Gasteiger partial charge in [0, 0.05) is 24.7 Å². The third-order valence-corrected chi connectivity index (χ3v) is 5.04. The fraction of sp³-hybridized carbons (Fsp3) is 0.429. The fourth-order valence-electron chi connectivity index (χ4n) is 3.52. The molecule has 0 radical (unpaired) electrons. The maximum atomic E-state index is 5.69. The van der Waals surface area contributed by atoms with E-state index in [4.69, 9.17) is 18.9 Å². The molecule has 0 fully saturated rings. The summed E-state index contributed by atoms with van der Waals surface area (Å²) in [6, 6.07) is 8.20. The summed E-state index contributed by atoms with van der Waals surface area (Å²) in [7, 11) is 8.88. The van der Waals surface area contributed by atoms with E-state index in [-0.39, 0.29) is 0 Å². The van der Waals surface area contributed by atoms with E-state index in [0.29, 0.717) is 0 Å². The zero-order chi connectivity index (χ0) is 18.7. The average Bonchev–Trinajstić information content (AvgIpc) is 2.74. The monoisotopic (exact) mass is 357 g/mol. The molecule has 2 aromatic carbocycles. The molecule has 5 heteroatoms. The lowest BCUT2D eigenvalue weighted by Crippen LogP contribution is -2.23. The molecule has 0 saturated carbocycles. The van der Waals surface area contributed by atoms with Gasteiger partial charge in [0.2, 0.25) is 0 Å². The predicted molar refractivity (Wildman–Crippen MR) is 103 cm³/mol. The molecule has 0 N–H and O–H groups in total. The standard InChI is InChI=1S/C21H27NO4/c1-22-8-6-14-10-20(25-4)21(26-5)13-17(14)18-11-15(23-2)12-19(24-3)16(18)7-9-22/h10-13H,6-9H2,1-5H3. The Morgan fingerprint density at radius 2 is 1.35 bits per heavy atom. The summed E-state index contributed by atoms with van der Waals surface area (Å²) in [5.74, 6) is 3.13.